The number of aliphatic hydroxyl groups is 1. The smallest absolute Gasteiger partial charge is 0.246 e. The highest BCUT2D eigenvalue weighted by Gasteiger charge is 2.44. The minimum Gasteiger partial charge on any atom is -0.391 e. The summed E-state index contributed by atoms with van der Waals surface area (Å²) in [4.78, 5) is 46.1. The molecule has 2 aromatic rings. The van der Waals surface area contributed by atoms with Crippen LogP contribution in [0.3, 0.4) is 0 Å². The summed E-state index contributed by atoms with van der Waals surface area (Å²) < 4.78 is 10.6. The van der Waals surface area contributed by atoms with Gasteiger partial charge < -0.3 is 35.8 Å². The quantitative estimate of drug-likeness (QED) is 0.260. The number of rotatable bonds is 13. The van der Waals surface area contributed by atoms with Crippen molar-refractivity contribution in [2.75, 3.05) is 39.5 Å². The Morgan fingerprint density at radius 1 is 1.18 bits per heavy atom. The molecule has 0 saturated carbocycles. The molecule has 220 valence electrons. The number of hydrogen-bond donors (Lipinski definition) is 4. The molecule has 0 aliphatic carbocycles. The molecule has 1 fully saturated rings. The third-order valence-electron chi connectivity index (χ3n) is 6.58. The van der Waals surface area contributed by atoms with Crippen LogP contribution in [0.5, 0.6) is 0 Å². The lowest BCUT2D eigenvalue weighted by atomic mass is 9.85. The van der Waals surface area contributed by atoms with Crippen molar-refractivity contribution in [1.82, 2.24) is 20.5 Å². The number of β-amino-alcohol motifs (C(OH)–C–C–N with tert-alkyl or cyclic N) is 1. The maximum atomic E-state index is 13.6. The molecule has 3 atom stereocenters. The van der Waals surface area contributed by atoms with E-state index in [1.807, 2.05) is 57.5 Å². The zero-order valence-electron chi connectivity index (χ0n) is 23.6. The van der Waals surface area contributed by atoms with Crippen LogP contribution in [0.4, 0.5) is 0 Å². The highest BCUT2D eigenvalue weighted by atomic mass is 32.1. The summed E-state index contributed by atoms with van der Waals surface area (Å²) in [5, 5.41) is 16.0. The van der Waals surface area contributed by atoms with Crippen LogP contribution in [0.1, 0.15) is 38.4 Å². The molecule has 3 amide bonds. The van der Waals surface area contributed by atoms with Crippen molar-refractivity contribution in [3.05, 3.63) is 41.0 Å². The Bertz CT molecular complexity index is 1130. The van der Waals surface area contributed by atoms with Gasteiger partial charge in [0.25, 0.3) is 0 Å². The summed E-state index contributed by atoms with van der Waals surface area (Å²) in [6.07, 6.45) is -0.715. The molecular weight excluding hydrogens is 534 g/mol. The highest BCUT2D eigenvalue weighted by molar-refractivity contribution is 7.13. The third-order valence-corrected chi connectivity index (χ3v) is 7.56. The van der Waals surface area contributed by atoms with Gasteiger partial charge in [-0.15, -0.1) is 11.3 Å². The summed E-state index contributed by atoms with van der Waals surface area (Å²) in [7, 11) is 0. The lowest BCUT2D eigenvalue weighted by Gasteiger charge is -2.35. The molecule has 40 heavy (non-hydrogen) atoms. The standard InChI is InChI=1S/C28H41N5O6S/c1-18-24(40-17-31-18)20-7-5-19(6-8-20)14-30-26(36)22-13-21(34)15-33(22)27(37)25(28(2,3)4)32-23(35)16-39-12-11-38-10-9-29/h5-8,17,21-22,25,34H,9-16,29H2,1-4H3,(H,30,36)(H,32,35)/t21-,22+,25-/m1/s1. The zero-order valence-corrected chi connectivity index (χ0v) is 24.5. The van der Waals surface area contributed by atoms with Gasteiger partial charge >= 0.3 is 0 Å². The van der Waals surface area contributed by atoms with Gasteiger partial charge in [0, 0.05) is 26.1 Å². The van der Waals surface area contributed by atoms with Crippen molar-refractivity contribution in [3.63, 3.8) is 0 Å². The molecule has 1 aliphatic rings. The Labute approximate surface area is 239 Å². The Hall–Kier alpha value is -2.90. The fraction of sp³-hybridized carbons (Fsp3) is 0.571. The van der Waals surface area contributed by atoms with Crippen LogP contribution in [0, 0.1) is 12.3 Å². The second kappa shape index (κ2) is 14.6. The Balaban J connectivity index is 1.59. The second-order valence-corrected chi connectivity index (χ2v) is 11.8. The van der Waals surface area contributed by atoms with E-state index < -0.39 is 35.4 Å². The predicted molar refractivity (Wildman–Crippen MR) is 152 cm³/mol. The molecule has 11 nitrogen and oxygen atoms in total. The molecule has 0 spiro atoms. The number of benzene rings is 1. The first-order valence-electron chi connectivity index (χ1n) is 13.4. The van der Waals surface area contributed by atoms with Crippen molar-refractivity contribution in [2.45, 2.75) is 58.8 Å². The van der Waals surface area contributed by atoms with Crippen LogP contribution < -0.4 is 16.4 Å². The van der Waals surface area contributed by atoms with E-state index in [0.717, 1.165) is 21.7 Å². The van der Waals surface area contributed by atoms with Gasteiger partial charge in [-0.05, 0) is 23.5 Å². The first-order chi connectivity index (χ1) is 19.0. The van der Waals surface area contributed by atoms with E-state index in [9.17, 15) is 19.5 Å². The average Bonchev–Trinajstić information content (AvgIpc) is 3.52. The first-order valence-corrected chi connectivity index (χ1v) is 14.3. The van der Waals surface area contributed by atoms with Gasteiger partial charge in [-0.3, -0.25) is 14.4 Å². The molecular formula is C28H41N5O6S. The molecule has 3 rings (SSSR count). The summed E-state index contributed by atoms with van der Waals surface area (Å²) in [6.45, 7) is 8.85. The van der Waals surface area contributed by atoms with Gasteiger partial charge in [-0.1, -0.05) is 45.0 Å². The molecule has 0 bridgehead atoms. The van der Waals surface area contributed by atoms with E-state index in [2.05, 4.69) is 15.6 Å². The van der Waals surface area contributed by atoms with Gasteiger partial charge in [0.15, 0.2) is 0 Å². The number of aromatic nitrogens is 1. The molecule has 1 aliphatic heterocycles. The van der Waals surface area contributed by atoms with E-state index in [-0.39, 0.29) is 38.6 Å². The minimum absolute atomic E-state index is 0.0112. The molecule has 0 radical (unpaired) electrons. The maximum Gasteiger partial charge on any atom is 0.246 e. The number of amides is 3. The first kappa shape index (κ1) is 31.6. The fourth-order valence-electron chi connectivity index (χ4n) is 4.45. The Kier molecular flexibility index (Phi) is 11.6. The van der Waals surface area contributed by atoms with Crippen LogP contribution in [0.2, 0.25) is 0 Å². The number of thiazole rings is 1. The van der Waals surface area contributed by atoms with E-state index in [1.54, 1.807) is 11.3 Å². The molecule has 1 aromatic carbocycles. The number of ether oxygens (including phenoxy) is 2. The topological polar surface area (TPSA) is 156 Å². The van der Waals surface area contributed by atoms with Gasteiger partial charge in [0.2, 0.25) is 17.7 Å². The molecule has 1 aromatic heterocycles. The normalized spacial score (nSPS) is 18.0. The van der Waals surface area contributed by atoms with Crippen LogP contribution in [0.15, 0.2) is 29.8 Å². The van der Waals surface area contributed by atoms with Crippen LogP contribution in [-0.4, -0.2) is 90.4 Å². The minimum atomic E-state index is -0.916. The highest BCUT2D eigenvalue weighted by Crippen LogP contribution is 2.28. The zero-order chi connectivity index (χ0) is 29.3. The van der Waals surface area contributed by atoms with Gasteiger partial charge in [0.05, 0.1) is 42.0 Å². The van der Waals surface area contributed by atoms with Gasteiger partial charge in [-0.25, -0.2) is 4.98 Å². The number of hydrogen-bond acceptors (Lipinski definition) is 9. The lowest BCUT2D eigenvalue weighted by molar-refractivity contribution is -0.144. The van der Waals surface area contributed by atoms with E-state index in [0.29, 0.717) is 19.8 Å². The maximum absolute atomic E-state index is 13.6. The van der Waals surface area contributed by atoms with E-state index in [4.69, 9.17) is 15.2 Å². The summed E-state index contributed by atoms with van der Waals surface area (Å²) in [6, 6.07) is 6.10. The van der Waals surface area contributed by atoms with Crippen molar-refractivity contribution in [1.29, 1.82) is 0 Å². The Morgan fingerprint density at radius 2 is 1.88 bits per heavy atom. The number of carbonyl (C=O) groups is 3. The summed E-state index contributed by atoms with van der Waals surface area (Å²) >= 11 is 1.58. The number of aryl methyl sites for hydroxylation is 1. The molecule has 5 N–H and O–H groups in total. The van der Waals surface area contributed by atoms with Gasteiger partial charge in [0.1, 0.15) is 18.7 Å². The van der Waals surface area contributed by atoms with E-state index >= 15 is 0 Å². The molecule has 2 heterocycles. The Morgan fingerprint density at radius 3 is 2.50 bits per heavy atom. The number of carbonyl (C=O) groups excluding carboxylic acids is 3. The van der Waals surface area contributed by atoms with Crippen LogP contribution in [0.25, 0.3) is 10.4 Å². The number of likely N-dealkylation sites (tertiary alicyclic amines) is 1. The van der Waals surface area contributed by atoms with Crippen LogP contribution >= 0.6 is 11.3 Å². The van der Waals surface area contributed by atoms with Crippen molar-refractivity contribution in [3.8, 4) is 10.4 Å². The fourth-order valence-corrected chi connectivity index (χ4v) is 5.26. The molecule has 1 saturated heterocycles. The number of nitrogens with two attached hydrogens (primary N) is 1. The predicted octanol–water partition coefficient (Wildman–Crippen LogP) is 1.22. The molecule has 0 unspecified atom stereocenters. The third kappa shape index (κ3) is 8.80. The number of aliphatic hydroxyl groups excluding tert-OH is 1. The molecule has 12 heteroatoms. The number of nitrogens with zero attached hydrogens (tertiary/aromatic N) is 2. The van der Waals surface area contributed by atoms with Crippen molar-refractivity contribution >= 4 is 29.1 Å². The van der Waals surface area contributed by atoms with E-state index in [1.165, 1.54) is 4.90 Å². The monoisotopic (exact) mass is 575 g/mol. The number of nitrogens with one attached hydrogen (secondary N) is 2. The lowest BCUT2D eigenvalue weighted by Crippen LogP contribution is -2.58. The summed E-state index contributed by atoms with van der Waals surface area (Å²) in [5.41, 5.74) is 9.47. The van der Waals surface area contributed by atoms with Crippen molar-refractivity contribution in [2.24, 2.45) is 11.1 Å². The largest absolute Gasteiger partial charge is 0.391 e. The SMILES string of the molecule is Cc1ncsc1-c1ccc(CNC(=O)[C@@H]2C[C@@H](O)CN2C(=O)[C@@H](NC(=O)COCCOCCN)C(C)(C)C)cc1. The summed E-state index contributed by atoms with van der Waals surface area (Å²) in [5.74, 6) is -1.23. The average molecular weight is 576 g/mol. The van der Waals surface area contributed by atoms with Crippen LogP contribution in [-0.2, 0) is 30.4 Å². The van der Waals surface area contributed by atoms with Gasteiger partial charge in [-0.2, -0.15) is 0 Å². The van der Waals surface area contributed by atoms with Crippen molar-refractivity contribution < 1.29 is 29.0 Å². The second-order valence-electron chi connectivity index (χ2n) is 10.9.